The Morgan fingerprint density at radius 1 is 1.00 bits per heavy atom. The highest BCUT2D eigenvalue weighted by molar-refractivity contribution is 5.79. The Morgan fingerprint density at radius 3 is 2.32 bits per heavy atom. The van der Waals surface area contributed by atoms with E-state index in [0.29, 0.717) is 19.0 Å². The monoisotopic (exact) mass is 266 g/mol. The molecule has 4 heteroatoms. The molecular formula is C15H26N2O2. The van der Waals surface area contributed by atoms with Crippen LogP contribution in [0.1, 0.15) is 51.9 Å². The highest BCUT2D eigenvalue weighted by atomic mass is 16.2. The second-order valence-corrected chi connectivity index (χ2v) is 5.97. The van der Waals surface area contributed by atoms with Crippen LogP contribution in [0, 0.1) is 0 Å². The Labute approximate surface area is 116 Å². The van der Waals surface area contributed by atoms with Gasteiger partial charge in [0.1, 0.15) is 5.78 Å². The van der Waals surface area contributed by atoms with Crippen molar-refractivity contribution in [1.82, 2.24) is 9.80 Å². The Kier molecular flexibility index (Phi) is 5.37. The summed E-state index contributed by atoms with van der Waals surface area (Å²) in [7, 11) is 0. The van der Waals surface area contributed by atoms with E-state index >= 15 is 0 Å². The summed E-state index contributed by atoms with van der Waals surface area (Å²) >= 11 is 0. The lowest BCUT2D eigenvalue weighted by molar-refractivity contribution is -0.133. The van der Waals surface area contributed by atoms with Gasteiger partial charge in [-0.15, -0.1) is 0 Å². The van der Waals surface area contributed by atoms with Crippen LogP contribution in [-0.2, 0) is 9.59 Å². The normalized spacial score (nSPS) is 25.3. The molecular weight excluding hydrogens is 240 g/mol. The molecule has 2 heterocycles. The first-order valence-corrected chi connectivity index (χ1v) is 7.68. The summed E-state index contributed by atoms with van der Waals surface area (Å²) in [6, 6.07) is 0.299. The minimum atomic E-state index is 0.235. The van der Waals surface area contributed by atoms with Crippen LogP contribution in [0.5, 0.6) is 0 Å². The summed E-state index contributed by atoms with van der Waals surface area (Å²) in [5, 5.41) is 0. The Morgan fingerprint density at radius 2 is 1.68 bits per heavy atom. The zero-order valence-electron chi connectivity index (χ0n) is 12.1. The zero-order valence-corrected chi connectivity index (χ0v) is 12.1. The Hall–Kier alpha value is -0.900. The van der Waals surface area contributed by atoms with E-state index in [9.17, 15) is 9.59 Å². The van der Waals surface area contributed by atoms with Crippen molar-refractivity contribution in [3.8, 4) is 0 Å². The van der Waals surface area contributed by atoms with E-state index in [-0.39, 0.29) is 11.7 Å². The molecule has 1 unspecified atom stereocenters. The number of ketones is 1. The van der Waals surface area contributed by atoms with Crippen molar-refractivity contribution in [2.24, 2.45) is 0 Å². The fourth-order valence-corrected chi connectivity index (χ4v) is 3.26. The van der Waals surface area contributed by atoms with Gasteiger partial charge < -0.3 is 4.90 Å². The van der Waals surface area contributed by atoms with E-state index in [1.54, 1.807) is 6.92 Å². The number of Topliss-reactive ketones (excluding diaryl/α,β-unsaturated/α-hetero) is 1. The first-order valence-electron chi connectivity index (χ1n) is 7.68. The maximum absolute atomic E-state index is 12.3. The lowest BCUT2D eigenvalue weighted by Gasteiger charge is -2.27. The van der Waals surface area contributed by atoms with Gasteiger partial charge in [0, 0.05) is 25.6 Å². The van der Waals surface area contributed by atoms with Gasteiger partial charge >= 0.3 is 0 Å². The Bertz CT molecular complexity index is 322. The molecule has 0 saturated carbocycles. The first-order chi connectivity index (χ1) is 9.16. The number of hydrogen-bond acceptors (Lipinski definition) is 3. The fourth-order valence-electron chi connectivity index (χ4n) is 3.26. The van der Waals surface area contributed by atoms with E-state index in [1.165, 1.54) is 12.8 Å². The molecule has 0 bridgehead atoms. The maximum Gasteiger partial charge on any atom is 0.236 e. The summed E-state index contributed by atoms with van der Waals surface area (Å²) < 4.78 is 0. The molecule has 0 aromatic rings. The number of amides is 1. The first kappa shape index (κ1) is 14.5. The third-order valence-corrected chi connectivity index (χ3v) is 4.32. The van der Waals surface area contributed by atoms with Gasteiger partial charge in [-0.25, -0.2) is 0 Å². The standard InChI is InChI=1S/C15H26N2O2/c1-13(18)11-14-7-6-10-17(14)12-15(19)16-8-4-2-3-5-9-16/h14H,2-12H2,1H3. The summed E-state index contributed by atoms with van der Waals surface area (Å²) in [6.45, 7) is 4.97. The molecule has 2 rings (SSSR count). The molecule has 0 aromatic heterocycles. The van der Waals surface area contributed by atoms with Crippen LogP contribution in [0.4, 0.5) is 0 Å². The number of hydrogen-bond donors (Lipinski definition) is 0. The van der Waals surface area contributed by atoms with Gasteiger partial charge in [-0.1, -0.05) is 12.8 Å². The highest BCUT2D eigenvalue weighted by Gasteiger charge is 2.28. The molecule has 4 nitrogen and oxygen atoms in total. The van der Waals surface area contributed by atoms with Crippen molar-refractivity contribution in [2.75, 3.05) is 26.2 Å². The quantitative estimate of drug-likeness (QED) is 0.779. The largest absolute Gasteiger partial charge is 0.342 e. The molecule has 1 amide bonds. The maximum atomic E-state index is 12.3. The average molecular weight is 266 g/mol. The van der Waals surface area contributed by atoms with E-state index < -0.39 is 0 Å². The molecule has 2 aliphatic heterocycles. The summed E-state index contributed by atoms with van der Waals surface area (Å²) in [4.78, 5) is 27.8. The second-order valence-electron chi connectivity index (χ2n) is 5.97. The smallest absolute Gasteiger partial charge is 0.236 e. The molecule has 2 saturated heterocycles. The Balaban J connectivity index is 1.84. The lowest BCUT2D eigenvalue weighted by atomic mass is 10.1. The van der Waals surface area contributed by atoms with Crippen LogP contribution in [0.15, 0.2) is 0 Å². The van der Waals surface area contributed by atoms with E-state index in [0.717, 1.165) is 45.3 Å². The van der Waals surface area contributed by atoms with Crippen molar-refractivity contribution in [3.63, 3.8) is 0 Å². The molecule has 2 aliphatic rings. The number of likely N-dealkylation sites (tertiary alicyclic amines) is 2. The van der Waals surface area contributed by atoms with Gasteiger partial charge in [0.05, 0.1) is 6.54 Å². The molecule has 0 N–H and O–H groups in total. The van der Waals surface area contributed by atoms with Crippen LogP contribution in [0.25, 0.3) is 0 Å². The zero-order chi connectivity index (χ0) is 13.7. The molecule has 108 valence electrons. The molecule has 0 spiro atoms. The molecule has 0 aromatic carbocycles. The van der Waals surface area contributed by atoms with Crippen molar-refractivity contribution >= 4 is 11.7 Å². The fraction of sp³-hybridized carbons (Fsp3) is 0.867. The van der Waals surface area contributed by atoms with Gasteiger partial charge in [0.2, 0.25) is 5.91 Å². The molecule has 1 atom stereocenters. The van der Waals surface area contributed by atoms with Crippen LogP contribution in [0.2, 0.25) is 0 Å². The van der Waals surface area contributed by atoms with E-state index in [2.05, 4.69) is 4.90 Å². The molecule has 0 aliphatic carbocycles. The van der Waals surface area contributed by atoms with Crippen LogP contribution in [0.3, 0.4) is 0 Å². The molecule has 2 fully saturated rings. The van der Waals surface area contributed by atoms with Gasteiger partial charge in [-0.2, -0.15) is 0 Å². The number of nitrogens with zero attached hydrogens (tertiary/aromatic N) is 2. The lowest BCUT2D eigenvalue weighted by Crippen LogP contribution is -2.43. The summed E-state index contributed by atoms with van der Waals surface area (Å²) in [5.41, 5.74) is 0. The number of carbonyl (C=O) groups is 2. The minimum absolute atomic E-state index is 0.235. The third kappa shape index (κ3) is 4.30. The SMILES string of the molecule is CC(=O)CC1CCCN1CC(=O)N1CCCCCC1. The summed E-state index contributed by atoms with van der Waals surface area (Å²) in [6.07, 6.45) is 7.57. The average Bonchev–Trinajstić information content (AvgIpc) is 2.65. The molecule has 0 radical (unpaired) electrons. The minimum Gasteiger partial charge on any atom is -0.342 e. The topological polar surface area (TPSA) is 40.6 Å². The highest BCUT2D eigenvalue weighted by Crippen LogP contribution is 2.20. The van der Waals surface area contributed by atoms with Crippen molar-refractivity contribution in [3.05, 3.63) is 0 Å². The van der Waals surface area contributed by atoms with Gasteiger partial charge in [-0.3, -0.25) is 14.5 Å². The van der Waals surface area contributed by atoms with Crippen LogP contribution < -0.4 is 0 Å². The third-order valence-electron chi connectivity index (χ3n) is 4.32. The van der Waals surface area contributed by atoms with Gasteiger partial charge in [0.25, 0.3) is 0 Å². The molecule has 19 heavy (non-hydrogen) atoms. The van der Waals surface area contributed by atoms with Gasteiger partial charge in [0.15, 0.2) is 0 Å². The number of rotatable bonds is 4. The van der Waals surface area contributed by atoms with Gasteiger partial charge in [-0.05, 0) is 39.2 Å². The van der Waals surface area contributed by atoms with Crippen LogP contribution >= 0.6 is 0 Å². The van der Waals surface area contributed by atoms with E-state index in [4.69, 9.17) is 0 Å². The number of carbonyl (C=O) groups excluding carboxylic acids is 2. The predicted molar refractivity (Wildman–Crippen MR) is 74.9 cm³/mol. The van der Waals surface area contributed by atoms with E-state index in [1.807, 2.05) is 4.90 Å². The van der Waals surface area contributed by atoms with Crippen LogP contribution in [-0.4, -0.2) is 53.7 Å². The predicted octanol–water partition coefficient (Wildman–Crippen LogP) is 1.83. The van der Waals surface area contributed by atoms with Crippen molar-refractivity contribution in [1.29, 1.82) is 0 Å². The summed E-state index contributed by atoms with van der Waals surface area (Å²) in [5.74, 6) is 0.497. The second kappa shape index (κ2) is 7.04. The van der Waals surface area contributed by atoms with Crippen molar-refractivity contribution < 1.29 is 9.59 Å². The van der Waals surface area contributed by atoms with Crippen molar-refractivity contribution in [2.45, 2.75) is 57.9 Å².